The lowest BCUT2D eigenvalue weighted by molar-refractivity contribution is -0.141. The minimum Gasteiger partial charge on any atom is -0.481 e. The highest BCUT2D eigenvalue weighted by atomic mass is 16.4. The first-order valence-electron chi connectivity index (χ1n) is 6.08. The average Bonchev–Trinajstić information content (AvgIpc) is 2.37. The van der Waals surface area contributed by atoms with Crippen LogP contribution in [0.5, 0.6) is 0 Å². The molecule has 0 fully saturated rings. The summed E-state index contributed by atoms with van der Waals surface area (Å²) < 4.78 is 0. The van der Waals surface area contributed by atoms with E-state index in [1.165, 1.54) is 0 Å². The van der Waals surface area contributed by atoms with E-state index in [-0.39, 0.29) is 6.61 Å². The predicted molar refractivity (Wildman–Crippen MR) is 68.0 cm³/mol. The maximum Gasteiger partial charge on any atom is 0.307 e. The zero-order valence-corrected chi connectivity index (χ0v) is 10.6. The molecule has 5 nitrogen and oxygen atoms in total. The van der Waals surface area contributed by atoms with Gasteiger partial charge in [0.05, 0.1) is 5.92 Å². The molecule has 0 aliphatic rings. The third kappa shape index (κ3) is 5.25. The molecule has 0 aliphatic carbocycles. The topological polar surface area (TPSA) is 73.7 Å². The molecule has 0 saturated carbocycles. The van der Waals surface area contributed by atoms with Crippen LogP contribution in [0.3, 0.4) is 0 Å². The maximum atomic E-state index is 10.9. The second kappa shape index (κ2) is 7.79. The van der Waals surface area contributed by atoms with Gasteiger partial charge in [-0.3, -0.25) is 14.7 Å². The standard InChI is InChI=1S/C13H20N2O3/c1-11(13(17)18)9-15(6-3-7-16)10-12-4-2-5-14-8-12/h2,4-5,8,11,16H,3,6-7,9-10H2,1H3,(H,17,18). The zero-order valence-electron chi connectivity index (χ0n) is 10.6. The Morgan fingerprint density at radius 3 is 2.89 bits per heavy atom. The van der Waals surface area contributed by atoms with Crippen LogP contribution in [-0.2, 0) is 11.3 Å². The molecule has 1 aromatic rings. The van der Waals surface area contributed by atoms with Crippen molar-refractivity contribution in [2.24, 2.45) is 5.92 Å². The van der Waals surface area contributed by atoms with Crippen molar-refractivity contribution in [1.29, 1.82) is 0 Å². The van der Waals surface area contributed by atoms with Crippen LogP contribution in [0, 0.1) is 5.92 Å². The summed E-state index contributed by atoms with van der Waals surface area (Å²) in [5.41, 5.74) is 1.05. The molecule has 0 spiro atoms. The van der Waals surface area contributed by atoms with Crippen LogP contribution in [-0.4, -0.2) is 45.8 Å². The van der Waals surface area contributed by atoms with Crippen molar-refractivity contribution in [2.45, 2.75) is 19.9 Å². The van der Waals surface area contributed by atoms with Gasteiger partial charge in [-0.1, -0.05) is 13.0 Å². The van der Waals surface area contributed by atoms with E-state index in [4.69, 9.17) is 10.2 Å². The zero-order chi connectivity index (χ0) is 13.4. The maximum absolute atomic E-state index is 10.9. The van der Waals surface area contributed by atoms with E-state index in [0.29, 0.717) is 26.1 Å². The molecule has 1 heterocycles. The van der Waals surface area contributed by atoms with Crippen molar-refractivity contribution >= 4 is 5.97 Å². The van der Waals surface area contributed by atoms with Crippen molar-refractivity contribution in [3.8, 4) is 0 Å². The first-order chi connectivity index (χ1) is 8.63. The van der Waals surface area contributed by atoms with Gasteiger partial charge in [0.15, 0.2) is 0 Å². The average molecular weight is 252 g/mol. The number of pyridine rings is 1. The predicted octanol–water partition coefficient (Wildman–Crippen LogP) is 0.987. The summed E-state index contributed by atoms with van der Waals surface area (Å²) in [4.78, 5) is 16.9. The number of aliphatic hydroxyl groups is 1. The summed E-state index contributed by atoms with van der Waals surface area (Å²) in [5, 5.41) is 17.8. The van der Waals surface area contributed by atoms with Crippen LogP contribution in [0.4, 0.5) is 0 Å². The molecule has 1 unspecified atom stereocenters. The van der Waals surface area contributed by atoms with Crippen molar-refractivity contribution < 1.29 is 15.0 Å². The van der Waals surface area contributed by atoms with E-state index in [1.807, 2.05) is 17.0 Å². The lowest BCUT2D eigenvalue weighted by atomic mass is 10.1. The molecular weight excluding hydrogens is 232 g/mol. The molecule has 0 amide bonds. The first kappa shape index (κ1) is 14.6. The molecule has 0 saturated heterocycles. The van der Waals surface area contributed by atoms with Crippen LogP contribution in [0.15, 0.2) is 24.5 Å². The molecule has 18 heavy (non-hydrogen) atoms. The van der Waals surface area contributed by atoms with Crippen LogP contribution in [0.25, 0.3) is 0 Å². The summed E-state index contributed by atoms with van der Waals surface area (Å²) in [6, 6.07) is 3.82. The van der Waals surface area contributed by atoms with E-state index < -0.39 is 11.9 Å². The minimum absolute atomic E-state index is 0.116. The summed E-state index contributed by atoms with van der Waals surface area (Å²) in [5.74, 6) is -1.21. The van der Waals surface area contributed by atoms with Gasteiger partial charge in [-0.25, -0.2) is 0 Å². The van der Waals surface area contributed by atoms with Gasteiger partial charge in [-0.05, 0) is 18.1 Å². The number of hydrogen-bond donors (Lipinski definition) is 2. The molecule has 1 atom stereocenters. The number of carboxylic acid groups (broad SMARTS) is 1. The Morgan fingerprint density at radius 2 is 2.33 bits per heavy atom. The summed E-state index contributed by atoms with van der Waals surface area (Å²) >= 11 is 0. The molecule has 100 valence electrons. The highest BCUT2D eigenvalue weighted by Gasteiger charge is 2.16. The Morgan fingerprint density at radius 1 is 1.56 bits per heavy atom. The van der Waals surface area contributed by atoms with Crippen LogP contribution < -0.4 is 0 Å². The van der Waals surface area contributed by atoms with Crippen molar-refractivity contribution in [1.82, 2.24) is 9.88 Å². The van der Waals surface area contributed by atoms with E-state index >= 15 is 0 Å². The highest BCUT2D eigenvalue weighted by Crippen LogP contribution is 2.07. The Balaban J connectivity index is 2.57. The fourth-order valence-electron chi connectivity index (χ4n) is 1.74. The van der Waals surface area contributed by atoms with E-state index in [1.54, 1.807) is 19.3 Å². The Labute approximate surface area is 107 Å². The van der Waals surface area contributed by atoms with E-state index in [2.05, 4.69) is 4.98 Å². The fraction of sp³-hybridized carbons (Fsp3) is 0.538. The van der Waals surface area contributed by atoms with Gasteiger partial charge in [-0.15, -0.1) is 0 Å². The SMILES string of the molecule is CC(CN(CCCO)Cc1cccnc1)C(=O)O. The molecule has 0 aliphatic heterocycles. The molecular formula is C13H20N2O3. The van der Waals surface area contributed by atoms with Crippen LogP contribution in [0.2, 0.25) is 0 Å². The molecule has 0 radical (unpaired) electrons. The monoisotopic (exact) mass is 252 g/mol. The Bertz CT molecular complexity index is 357. The third-order valence-corrected chi connectivity index (χ3v) is 2.72. The quantitative estimate of drug-likeness (QED) is 0.721. The van der Waals surface area contributed by atoms with Crippen molar-refractivity contribution in [3.63, 3.8) is 0 Å². The minimum atomic E-state index is -0.796. The smallest absolute Gasteiger partial charge is 0.307 e. The number of carboxylic acids is 1. The van der Waals surface area contributed by atoms with E-state index in [9.17, 15) is 4.79 Å². The molecule has 0 bridgehead atoms. The Hall–Kier alpha value is -1.46. The fourth-order valence-corrected chi connectivity index (χ4v) is 1.74. The largest absolute Gasteiger partial charge is 0.481 e. The number of rotatable bonds is 8. The molecule has 2 N–H and O–H groups in total. The van der Waals surface area contributed by atoms with Gasteiger partial charge < -0.3 is 10.2 Å². The number of nitrogens with zero attached hydrogens (tertiary/aromatic N) is 2. The van der Waals surface area contributed by atoms with Gasteiger partial charge in [0.2, 0.25) is 0 Å². The van der Waals surface area contributed by atoms with Gasteiger partial charge in [0, 0.05) is 38.6 Å². The second-order valence-electron chi connectivity index (χ2n) is 4.41. The number of aromatic nitrogens is 1. The van der Waals surface area contributed by atoms with Crippen molar-refractivity contribution in [3.05, 3.63) is 30.1 Å². The highest BCUT2D eigenvalue weighted by molar-refractivity contribution is 5.69. The summed E-state index contributed by atoms with van der Waals surface area (Å²) in [6.07, 6.45) is 4.13. The summed E-state index contributed by atoms with van der Waals surface area (Å²) in [6.45, 7) is 3.63. The van der Waals surface area contributed by atoms with Crippen molar-refractivity contribution in [2.75, 3.05) is 19.7 Å². The number of hydrogen-bond acceptors (Lipinski definition) is 4. The van der Waals surface area contributed by atoms with Crippen LogP contribution >= 0.6 is 0 Å². The van der Waals surface area contributed by atoms with Gasteiger partial charge in [0.1, 0.15) is 0 Å². The molecule has 0 aromatic carbocycles. The Kier molecular flexibility index (Phi) is 6.32. The summed E-state index contributed by atoms with van der Waals surface area (Å²) in [7, 11) is 0. The number of aliphatic hydroxyl groups excluding tert-OH is 1. The molecule has 5 heteroatoms. The first-order valence-corrected chi connectivity index (χ1v) is 6.08. The molecule has 1 aromatic heterocycles. The third-order valence-electron chi connectivity index (χ3n) is 2.72. The molecule has 1 rings (SSSR count). The second-order valence-corrected chi connectivity index (χ2v) is 4.41. The lowest BCUT2D eigenvalue weighted by Crippen LogP contribution is -2.32. The normalized spacial score (nSPS) is 12.6. The number of carbonyl (C=O) groups is 1. The van der Waals surface area contributed by atoms with Gasteiger partial charge in [0.25, 0.3) is 0 Å². The number of aliphatic carboxylic acids is 1. The lowest BCUT2D eigenvalue weighted by Gasteiger charge is -2.23. The van der Waals surface area contributed by atoms with Gasteiger partial charge in [-0.2, -0.15) is 0 Å². The van der Waals surface area contributed by atoms with Crippen LogP contribution in [0.1, 0.15) is 18.9 Å². The van der Waals surface area contributed by atoms with Gasteiger partial charge >= 0.3 is 5.97 Å². The van der Waals surface area contributed by atoms with E-state index in [0.717, 1.165) is 5.56 Å².